The fraction of sp³-hybridized carbons (Fsp3) is 0.500. The van der Waals surface area contributed by atoms with Gasteiger partial charge >= 0.3 is 5.97 Å². The van der Waals surface area contributed by atoms with Crippen molar-refractivity contribution in [2.24, 2.45) is 0 Å². The molecule has 0 saturated carbocycles. The van der Waals surface area contributed by atoms with Crippen molar-refractivity contribution in [1.29, 1.82) is 5.26 Å². The highest BCUT2D eigenvalue weighted by Gasteiger charge is 2.13. The van der Waals surface area contributed by atoms with Crippen LogP contribution in [0, 0.1) is 23.7 Å². The van der Waals surface area contributed by atoms with E-state index < -0.39 is 5.97 Å². The number of hydrogen-bond donors (Lipinski definition) is 0. The van der Waals surface area contributed by atoms with Gasteiger partial charge in [-0.3, -0.25) is 9.59 Å². The lowest BCUT2D eigenvalue weighted by Crippen LogP contribution is -2.32. The van der Waals surface area contributed by atoms with Gasteiger partial charge in [0.15, 0.2) is 0 Å². The molecule has 0 aromatic carbocycles. The van der Waals surface area contributed by atoms with Gasteiger partial charge in [0.2, 0.25) is 5.91 Å². The molecule has 5 nitrogen and oxygen atoms in total. The lowest BCUT2D eigenvalue weighted by atomic mass is 10.2. The summed E-state index contributed by atoms with van der Waals surface area (Å²) in [5.74, 6) is 1.50. The van der Waals surface area contributed by atoms with Crippen molar-refractivity contribution >= 4 is 11.9 Å². The third kappa shape index (κ3) is 5.33. The van der Waals surface area contributed by atoms with E-state index in [1.807, 2.05) is 6.07 Å². The molecular weight excluding hydrogens is 196 g/mol. The summed E-state index contributed by atoms with van der Waals surface area (Å²) >= 11 is 0. The maximum Gasteiger partial charge on any atom is 0.306 e. The summed E-state index contributed by atoms with van der Waals surface area (Å²) in [7, 11) is 1.25. The zero-order chi connectivity index (χ0) is 11.7. The summed E-state index contributed by atoms with van der Waals surface area (Å²) in [5.41, 5.74) is 0. The number of amides is 1. The number of carbonyl (C=O) groups is 2. The molecule has 0 heterocycles. The third-order valence-electron chi connectivity index (χ3n) is 1.67. The number of terminal acetylenes is 1. The molecule has 0 bridgehead atoms. The van der Waals surface area contributed by atoms with Crippen LogP contribution in [0.4, 0.5) is 0 Å². The Hall–Kier alpha value is -2.01. The number of methoxy groups -OCH3 is 1. The molecule has 0 fully saturated rings. The molecule has 0 radical (unpaired) electrons. The van der Waals surface area contributed by atoms with Crippen molar-refractivity contribution in [3.8, 4) is 18.4 Å². The molecule has 15 heavy (non-hydrogen) atoms. The number of hydrogen-bond acceptors (Lipinski definition) is 4. The number of nitriles is 1. The highest BCUT2D eigenvalue weighted by Crippen LogP contribution is 1.98. The summed E-state index contributed by atoms with van der Waals surface area (Å²) in [6.45, 7) is 0.0117. The first-order valence-electron chi connectivity index (χ1n) is 4.30. The van der Waals surface area contributed by atoms with Crippen LogP contribution >= 0.6 is 0 Å². The van der Waals surface area contributed by atoms with Crippen LogP contribution in [0.15, 0.2) is 0 Å². The van der Waals surface area contributed by atoms with Gasteiger partial charge in [-0.1, -0.05) is 5.92 Å². The van der Waals surface area contributed by atoms with Gasteiger partial charge in [-0.05, 0) is 0 Å². The van der Waals surface area contributed by atoms with Crippen molar-refractivity contribution in [3.05, 3.63) is 0 Å². The minimum atomic E-state index is -0.457. The van der Waals surface area contributed by atoms with Crippen LogP contribution in [-0.4, -0.2) is 37.0 Å². The lowest BCUT2D eigenvalue weighted by Gasteiger charge is -2.15. The maximum absolute atomic E-state index is 11.4. The topological polar surface area (TPSA) is 70.4 Å². The van der Waals surface area contributed by atoms with E-state index >= 15 is 0 Å². The molecule has 0 rings (SSSR count). The summed E-state index contributed by atoms with van der Waals surface area (Å²) in [6.07, 6.45) is 5.05. The number of esters is 1. The standard InChI is InChI=1S/C10H12N2O3/c1-3-7-12(8-6-11)9(13)4-5-10(14)15-2/h1H,4-5,7-8H2,2H3. The Balaban J connectivity index is 4.10. The summed E-state index contributed by atoms with van der Waals surface area (Å²) in [6, 6.07) is 1.83. The van der Waals surface area contributed by atoms with Crippen molar-refractivity contribution in [3.63, 3.8) is 0 Å². The lowest BCUT2D eigenvalue weighted by molar-refractivity contribution is -0.143. The van der Waals surface area contributed by atoms with Gasteiger partial charge in [-0.15, -0.1) is 6.42 Å². The molecule has 0 saturated heterocycles. The molecule has 1 amide bonds. The van der Waals surface area contributed by atoms with E-state index in [2.05, 4.69) is 10.7 Å². The van der Waals surface area contributed by atoms with E-state index in [9.17, 15) is 9.59 Å². The van der Waals surface area contributed by atoms with Crippen LogP contribution in [-0.2, 0) is 14.3 Å². The molecular formula is C10H12N2O3. The largest absolute Gasteiger partial charge is 0.469 e. The van der Waals surface area contributed by atoms with E-state index in [4.69, 9.17) is 11.7 Å². The third-order valence-corrected chi connectivity index (χ3v) is 1.67. The summed E-state index contributed by atoms with van der Waals surface area (Å²) in [4.78, 5) is 23.4. The second-order valence-electron chi connectivity index (χ2n) is 2.69. The van der Waals surface area contributed by atoms with Crippen LogP contribution in [0.3, 0.4) is 0 Å². The number of ether oxygens (including phenoxy) is 1. The highest BCUT2D eigenvalue weighted by atomic mass is 16.5. The van der Waals surface area contributed by atoms with E-state index in [0.29, 0.717) is 0 Å². The molecule has 5 heteroatoms. The number of nitrogens with zero attached hydrogens (tertiary/aromatic N) is 2. The SMILES string of the molecule is C#CCN(CC#N)C(=O)CCC(=O)OC. The first kappa shape index (κ1) is 13.0. The second kappa shape index (κ2) is 7.40. The first-order chi connectivity index (χ1) is 7.15. The van der Waals surface area contributed by atoms with E-state index in [0.717, 1.165) is 0 Å². The average molecular weight is 208 g/mol. The monoisotopic (exact) mass is 208 g/mol. The molecule has 0 aliphatic carbocycles. The van der Waals surface area contributed by atoms with Crippen LogP contribution in [0.25, 0.3) is 0 Å². The minimum Gasteiger partial charge on any atom is -0.469 e. The Labute approximate surface area is 88.6 Å². The van der Waals surface area contributed by atoms with Crippen LogP contribution in [0.1, 0.15) is 12.8 Å². The van der Waals surface area contributed by atoms with Crippen molar-refractivity contribution in [2.45, 2.75) is 12.8 Å². The normalized spacial score (nSPS) is 8.47. The second-order valence-corrected chi connectivity index (χ2v) is 2.69. The molecule has 0 atom stereocenters. The Morgan fingerprint density at radius 3 is 2.53 bits per heavy atom. The minimum absolute atomic E-state index is 0.00182. The molecule has 0 N–H and O–H groups in total. The van der Waals surface area contributed by atoms with E-state index in [1.165, 1.54) is 12.0 Å². The Morgan fingerprint density at radius 1 is 1.40 bits per heavy atom. The predicted octanol–water partition coefficient (Wildman–Crippen LogP) is -0.0750. The summed E-state index contributed by atoms with van der Waals surface area (Å²) < 4.78 is 4.39. The van der Waals surface area contributed by atoms with Gasteiger partial charge in [0.05, 0.1) is 26.1 Å². The van der Waals surface area contributed by atoms with Gasteiger partial charge in [0.25, 0.3) is 0 Å². The molecule has 0 aliphatic heterocycles. The molecule has 0 aromatic heterocycles. The average Bonchev–Trinajstić information content (AvgIpc) is 2.25. The van der Waals surface area contributed by atoms with Crippen LogP contribution in [0.2, 0.25) is 0 Å². The molecule has 0 aliphatic rings. The van der Waals surface area contributed by atoms with Crippen molar-refractivity contribution in [2.75, 3.05) is 20.2 Å². The van der Waals surface area contributed by atoms with Gasteiger partial charge < -0.3 is 9.64 Å². The van der Waals surface area contributed by atoms with Gasteiger partial charge in [-0.25, -0.2) is 0 Å². The fourth-order valence-electron chi connectivity index (χ4n) is 0.897. The zero-order valence-corrected chi connectivity index (χ0v) is 8.52. The number of rotatable bonds is 5. The number of carbonyl (C=O) groups excluding carboxylic acids is 2. The van der Waals surface area contributed by atoms with E-state index in [-0.39, 0.29) is 31.8 Å². The first-order valence-corrected chi connectivity index (χ1v) is 4.30. The molecule has 0 spiro atoms. The van der Waals surface area contributed by atoms with Gasteiger partial charge in [0, 0.05) is 6.42 Å². The Bertz CT molecular complexity index is 296. The van der Waals surface area contributed by atoms with Crippen LogP contribution in [0.5, 0.6) is 0 Å². The Kier molecular flexibility index (Phi) is 6.41. The molecule has 0 aromatic rings. The fourth-order valence-corrected chi connectivity index (χ4v) is 0.897. The van der Waals surface area contributed by atoms with Gasteiger partial charge in [-0.2, -0.15) is 5.26 Å². The van der Waals surface area contributed by atoms with Crippen LogP contribution < -0.4 is 0 Å². The Morgan fingerprint density at radius 2 is 2.07 bits per heavy atom. The zero-order valence-electron chi connectivity index (χ0n) is 8.52. The molecule has 80 valence electrons. The van der Waals surface area contributed by atoms with E-state index in [1.54, 1.807) is 0 Å². The predicted molar refractivity (Wildman–Crippen MR) is 52.3 cm³/mol. The smallest absolute Gasteiger partial charge is 0.306 e. The molecule has 0 unspecified atom stereocenters. The highest BCUT2D eigenvalue weighted by molar-refractivity contribution is 5.81. The quantitative estimate of drug-likeness (QED) is 0.360. The van der Waals surface area contributed by atoms with Gasteiger partial charge in [0.1, 0.15) is 6.54 Å². The summed E-state index contributed by atoms with van der Waals surface area (Å²) in [5, 5.41) is 8.43. The van der Waals surface area contributed by atoms with Crippen molar-refractivity contribution in [1.82, 2.24) is 4.90 Å². The van der Waals surface area contributed by atoms with Crippen molar-refractivity contribution < 1.29 is 14.3 Å². The maximum atomic E-state index is 11.4.